The van der Waals surface area contributed by atoms with Crippen LogP contribution in [0, 0.1) is 0 Å². The highest BCUT2D eigenvalue weighted by Crippen LogP contribution is 2.36. The van der Waals surface area contributed by atoms with Crippen LogP contribution >= 0.6 is 0 Å². The molecule has 0 fully saturated rings. The van der Waals surface area contributed by atoms with Crippen molar-refractivity contribution in [2.24, 2.45) is 0 Å². The average Bonchev–Trinajstić information content (AvgIpc) is 3.05. The molecule has 0 aromatic heterocycles. The van der Waals surface area contributed by atoms with Crippen molar-refractivity contribution in [3.05, 3.63) is 59.2 Å². The Morgan fingerprint density at radius 2 is 1.58 bits per heavy atom. The van der Waals surface area contributed by atoms with E-state index < -0.39 is 17.8 Å². The maximum Gasteiger partial charge on any atom is 0.338 e. The lowest BCUT2D eigenvalue weighted by Crippen LogP contribution is -2.30. The molecule has 0 atom stereocenters. The quantitative estimate of drug-likeness (QED) is 0.427. The van der Waals surface area contributed by atoms with Crippen LogP contribution in [0.15, 0.2) is 42.5 Å². The van der Waals surface area contributed by atoms with Gasteiger partial charge in [-0.3, -0.25) is 9.59 Å². The van der Waals surface area contributed by atoms with Crippen molar-refractivity contribution >= 4 is 23.5 Å². The molecule has 3 rings (SSSR count). The van der Waals surface area contributed by atoms with Gasteiger partial charge in [-0.15, -0.1) is 0 Å². The molecule has 2 aromatic rings. The monoisotopic (exact) mass is 424 g/mol. The highest BCUT2D eigenvalue weighted by Gasteiger charge is 2.38. The van der Waals surface area contributed by atoms with E-state index in [1.165, 1.54) is 6.07 Å². The van der Waals surface area contributed by atoms with Crippen LogP contribution < -0.4 is 9.64 Å². The highest BCUT2D eigenvalue weighted by atomic mass is 16.5. The summed E-state index contributed by atoms with van der Waals surface area (Å²) in [5.74, 6) is -1.01. The van der Waals surface area contributed by atoms with Gasteiger partial charge in [-0.05, 0) is 49.8 Å². The molecule has 0 unspecified atom stereocenters. The smallest absolute Gasteiger partial charge is 0.338 e. The number of imide groups is 1. The molecular formula is C24H28N2O5. The Kier molecular flexibility index (Phi) is 7.41. The van der Waals surface area contributed by atoms with Crippen LogP contribution in [0.1, 0.15) is 58.3 Å². The van der Waals surface area contributed by atoms with Gasteiger partial charge < -0.3 is 14.4 Å². The van der Waals surface area contributed by atoms with Crippen molar-refractivity contribution in [1.29, 1.82) is 0 Å². The van der Waals surface area contributed by atoms with Crippen molar-refractivity contribution in [3.63, 3.8) is 0 Å². The summed E-state index contributed by atoms with van der Waals surface area (Å²) in [4.78, 5) is 41.7. The van der Waals surface area contributed by atoms with Gasteiger partial charge in [0.2, 0.25) is 0 Å². The minimum absolute atomic E-state index is 0.248. The fourth-order valence-corrected chi connectivity index (χ4v) is 3.45. The SMILES string of the molecule is CCCOc1ccc(C(=O)OCCN(CC)CC)cc1N1C(=O)c2ccccc2C1=O. The number of hydrogen-bond donors (Lipinski definition) is 0. The number of carbonyl (C=O) groups is 3. The molecule has 1 heterocycles. The molecule has 1 aliphatic rings. The zero-order chi connectivity index (χ0) is 22.4. The normalized spacial score (nSPS) is 13.0. The van der Waals surface area contributed by atoms with Gasteiger partial charge in [0, 0.05) is 6.54 Å². The number of nitrogens with zero attached hydrogens (tertiary/aromatic N) is 2. The number of likely N-dealkylation sites (N-methyl/N-ethyl adjacent to an activating group) is 1. The van der Waals surface area contributed by atoms with E-state index in [2.05, 4.69) is 18.7 Å². The third-order valence-electron chi connectivity index (χ3n) is 5.23. The van der Waals surface area contributed by atoms with Crippen molar-refractivity contribution in [1.82, 2.24) is 4.90 Å². The third-order valence-corrected chi connectivity index (χ3v) is 5.23. The fraction of sp³-hybridized carbons (Fsp3) is 0.375. The number of hydrogen-bond acceptors (Lipinski definition) is 6. The Morgan fingerprint density at radius 1 is 0.935 bits per heavy atom. The van der Waals surface area contributed by atoms with E-state index in [9.17, 15) is 14.4 Å². The van der Waals surface area contributed by atoms with E-state index in [0.29, 0.717) is 30.0 Å². The summed E-state index contributed by atoms with van der Waals surface area (Å²) < 4.78 is 11.2. The topological polar surface area (TPSA) is 76.2 Å². The second-order valence-corrected chi connectivity index (χ2v) is 7.19. The molecule has 0 spiro atoms. The number of carbonyl (C=O) groups excluding carboxylic acids is 3. The van der Waals surface area contributed by atoms with Crippen LogP contribution in [-0.4, -0.2) is 55.5 Å². The van der Waals surface area contributed by atoms with E-state index in [1.54, 1.807) is 36.4 Å². The molecule has 0 aliphatic carbocycles. The van der Waals surface area contributed by atoms with Gasteiger partial charge in [-0.25, -0.2) is 9.69 Å². The summed E-state index contributed by atoms with van der Waals surface area (Å²) in [5, 5.41) is 0. The van der Waals surface area contributed by atoms with Crippen LogP contribution in [0.3, 0.4) is 0 Å². The summed E-state index contributed by atoms with van der Waals surface area (Å²) in [5.41, 5.74) is 1.18. The third kappa shape index (κ3) is 4.77. The molecule has 2 amide bonds. The molecule has 7 heteroatoms. The van der Waals surface area contributed by atoms with Gasteiger partial charge in [-0.2, -0.15) is 0 Å². The van der Waals surface area contributed by atoms with E-state index in [1.807, 2.05) is 6.92 Å². The Balaban J connectivity index is 1.87. The number of fused-ring (bicyclic) bond motifs is 1. The number of benzene rings is 2. The molecule has 2 aromatic carbocycles. The van der Waals surface area contributed by atoms with Gasteiger partial charge in [0.05, 0.1) is 29.0 Å². The summed E-state index contributed by atoms with van der Waals surface area (Å²) in [7, 11) is 0. The maximum absolute atomic E-state index is 13.0. The summed E-state index contributed by atoms with van der Waals surface area (Å²) in [6.45, 7) is 9.14. The lowest BCUT2D eigenvalue weighted by molar-refractivity contribution is 0.0466. The molecule has 0 saturated heterocycles. The second kappa shape index (κ2) is 10.2. The van der Waals surface area contributed by atoms with Gasteiger partial charge >= 0.3 is 5.97 Å². The van der Waals surface area contributed by atoms with Crippen LogP contribution in [0.4, 0.5) is 5.69 Å². The minimum Gasteiger partial charge on any atom is -0.491 e. The minimum atomic E-state index is -0.507. The van der Waals surface area contributed by atoms with Gasteiger partial charge in [-0.1, -0.05) is 32.9 Å². The number of anilines is 1. The number of esters is 1. The number of ether oxygens (including phenoxy) is 2. The summed E-state index contributed by atoms with van der Waals surface area (Å²) >= 11 is 0. The van der Waals surface area contributed by atoms with Gasteiger partial charge in [0.25, 0.3) is 11.8 Å². The molecule has 1 aliphatic heterocycles. The Morgan fingerprint density at radius 3 is 2.16 bits per heavy atom. The van der Waals surface area contributed by atoms with Crippen molar-refractivity contribution in [3.8, 4) is 5.75 Å². The van der Waals surface area contributed by atoms with Crippen molar-refractivity contribution < 1.29 is 23.9 Å². The van der Waals surface area contributed by atoms with Crippen LogP contribution in [0.25, 0.3) is 0 Å². The molecule has 0 bridgehead atoms. The molecule has 7 nitrogen and oxygen atoms in total. The molecule has 31 heavy (non-hydrogen) atoms. The predicted molar refractivity (Wildman–Crippen MR) is 118 cm³/mol. The first-order valence-electron chi connectivity index (χ1n) is 10.7. The van der Waals surface area contributed by atoms with E-state index in [4.69, 9.17) is 9.47 Å². The van der Waals surface area contributed by atoms with Crippen molar-refractivity contribution in [2.75, 3.05) is 37.7 Å². The van der Waals surface area contributed by atoms with Gasteiger partial charge in [0.1, 0.15) is 12.4 Å². The average molecular weight is 424 g/mol. The highest BCUT2D eigenvalue weighted by molar-refractivity contribution is 6.35. The first-order chi connectivity index (χ1) is 15.0. The lowest BCUT2D eigenvalue weighted by atomic mass is 10.1. The zero-order valence-corrected chi connectivity index (χ0v) is 18.2. The van der Waals surface area contributed by atoms with Crippen molar-refractivity contribution in [2.45, 2.75) is 27.2 Å². The van der Waals surface area contributed by atoms with E-state index in [-0.39, 0.29) is 17.9 Å². The largest absolute Gasteiger partial charge is 0.491 e. The predicted octanol–water partition coefficient (Wildman–Crippen LogP) is 3.77. The molecule has 0 radical (unpaired) electrons. The van der Waals surface area contributed by atoms with Crippen LogP contribution in [0.5, 0.6) is 5.75 Å². The van der Waals surface area contributed by atoms with E-state index in [0.717, 1.165) is 24.4 Å². The standard InChI is InChI=1S/C24H28N2O5/c1-4-14-30-21-12-11-17(24(29)31-15-13-25(5-2)6-3)16-20(21)26-22(27)18-9-7-8-10-19(18)23(26)28/h7-12,16H,4-6,13-15H2,1-3H3. The zero-order valence-electron chi connectivity index (χ0n) is 18.2. The Hall–Kier alpha value is -3.19. The Labute approximate surface area is 182 Å². The van der Waals surface area contributed by atoms with Crippen LogP contribution in [-0.2, 0) is 4.74 Å². The second-order valence-electron chi connectivity index (χ2n) is 7.19. The summed E-state index contributed by atoms with van der Waals surface area (Å²) in [6, 6.07) is 11.4. The molecule has 164 valence electrons. The maximum atomic E-state index is 13.0. The van der Waals surface area contributed by atoms with Gasteiger partial charge in [0.15, 0.2) is 0 Å². The molecular weight excluding hydrogens is 396 g/mol. The molecule has 0 N–H and O–H groups in total. The first-order valence-corrected chi connectivity index (χ1v) is 10.7. The van der Waals surface area contributed by atoms with Crippen LogP contribution in [0.2, 0.25) is 0 Å². The number of amides is 2. The fourth-order valence-electron chi connectivity index (χ4n) is 3.45. The Bertz CT molecular complexity index is 933. The first kappa shape index (κ1) is 22.5. The summed E-state index contributed by atoms with van der Waals surface area (Å²) in [6.07, 6.45) is 0.761. The lowest BCUT2D eigenvalue weighted by Gasteiger charge is -2.20. The number of rotatable bonds is 10. The van der Waals surface area contributed by atoms with E-state index >= 15 is 0 Å². The molecule has 0 saturated carbocycles.